The van der Waals surface area contributed by atoms with Gasteiger partial charge >= 0.3 is 22.5 Å². The predicted molar refractivity (Wildman–Crippen MR) is 32.2 cm³/mol. The maximum absolute atomic E-state index is 8.41. The number of hydrogen-bond acceptors (Lipinski definition) is 2. The molecule has 0 unspecified atom stereocenters. The van der Waals surface area contributed by atoms with Gasteiger partial charge in [0.2, 0.25) is 0 Å². The van der Waals surface area contributed by atoms with Crippen molar-refractivity contribution in [2.45, 2.75) is 0 Å². The first-order chi connectivity index (χ1) is 1.41. The molecule has 0 aromatic carbocycles. The summed E-state index contributed by atoms with van der Waals surface area (Å²) >= 11 is -1.44. The average Bonchev–Trinajstić information content (AvgIpc) is 0.918. The van der Waals surface area contributed by atoms with Crippen LogP contribution in [0, 0.1) is 0 Å². The summed E-state index contributed by atoms with van der Waals surface area (Å²) in [5.41, 5.74) is 0. The van der Waals surface area contributed by atoms with Crippen LogP contribution in [-0.4, -0.2) is 0 Å². The van der Waals surface area contributed by atoms with Crippen LogP contribution in [0.4, 0.5) is 0 Å². The molecule has 5 heteroatoms. The summed E-state index contributed by atoms with van der Waals surface area (Å²) in [6, 6.07) is 0. The summed E-state index contributed by atoms with van der Waals surface area (Å²) < 4.78 is 16.8. The Bertz CT molecular complexity index is 28.6. The van der Waals surface area contributed by atoms with E-state index in [4.69, 9.17) is 7.67 Å². The van der Waals surface area contributed by atoms with Gasteiger partial charge in [-0.1, -0.05) is 0 Å². The van der Waals surface area contributed by atoms with E-state index in [2.05, 4.69) is 0 Å². The first kappa shape index (κ1) is 16.0. The van der Waals surface area contributed by atoms with Gasteiger partial charge < -0.3 is 0 Å². The zero-order valence-electron chi connectivity index (χ0n) is 2.01. The Hall–Kier alpha value is 1.58. The first-order valence-corrected chi connectivity index (χ1v) is 1.27. The van der Waals surface area contributed by atoms with Crippen LogP contribution in [0.15, 0.2) is 0 Å². The SMILES string of the molecule is I.I.[O]=[Mn]=[O]. The molecule has 0 aromatic rings. The molecule has 0 spiro atoms. The molecule has 0 atom stereocenters. The van der Waals surface area contributed by atoms with E-state index in [1.165, 1.54) is 0 Å². The predicted octanol–water partition coefficient (Wildman–Crippen LogP) is 0.996. The van der Waals surface area contributed by atoms with Crippen molar-refractivity contribution in [1.29, 1.82) is 0 Å². The molecule has 5 heavy (non-hydrogen) atoms. The topological polar surface area (TPSA) is 34.1 Å². The van der Waals surface area contributed by atoms with Gasteiger partial charge in [-0.2, -0.15) is 0 Å². The van der Waals surface area contributed by atoms with Gasteiger partial charge in [0.05, 0.1) is 0 Å². The average molecular weight is 343 g/mol. The van der Waals surface area contributed by atoms with Gasteiger partial charge in [0.15, 0.2) is 0 Å². The molecule has 0 amide bonds. The molecular weight excluding hydrogens is 341 g/mol. The molecule has 0 saturated heterocycles. The maximum atomic E-state index is 8.41. The van der Waals surface area contributed by atoms with Crippen LogP contribution in [0.1, 0.15) is 0 Å². The van der Waals surface area contributed by atoms with Crippen molar-refractivity contribution in [2.75, 3.05) is 0 Å². The van der Waals surface area contributed by atoms with Crippen LogP contribution in [0.3, 0.4) is 0 Å². The van der Waals surface area contributed by atoms with Crippen LogP contribution in [0.25, 0.3) is 0 Å². The zero-order valence-corrected chi connectivity index (χ0v) is 7.85. The van der Waals surface area contributed by atoms with Crippen molar-refractivity contribution in [3.63, 3.8) is 0 Å². The second-order valence-corrected chi connectivity index (χ2v) is 0.260. The van der Waals surface area contributed by atoms with Gasteiger partial charge in [-0.05, 0) is 0 Å². The molecule has 0 aliphatic heterocycles. The Labute approximate surface area is 69.7 Å². The second kappa shape index (κ2) is 17.6. The summed E-state index contributed by atoms with van der Waals surface area (Å²) in [5, 5.41) is 0. The van der Waals surface area contributed by atoms with E-state index in [0.717, 1.165) is 0 Å². The van der Waals surface area contributed by atoms with E-state index < -0.39 is 14.8 Å². The Morgan fingerprint density at radius 1 is 1.00 bits per heavy atom. The van der Waals surface area contributed by atoms with Crippen molar-refractivity contribution in [3.8, 4) is 0 Å². The minimum absolute atomic E-state index is 0. The van der Waals surface area contributed by atoms with Gasteiger partial charge in [-0.15, -0.1) is 48.0 Å². The van der Waals surface area contributed by atoms with E-state index in [0.29, 0.717) is 0 Å². The molecule has 0 radical (unpaired) electrons. The zero-order chi connectivity index (χ0) is 2.71. The molecule has 0 fully saturated rings. The van der Waals surface area contributed by atoms with Crippen LogP contribution in [0.2, 0.25) is 0 Å². The Kier molecular flexibility index (Phi) is 56.2. The van der Waals surface area contributed by atoms with Crippen molar-refractivity contribution < 1.29 is 22.5 Å². The van der Waals surface area contributed by atoms with Crippen molar-refractivity contribution in [3.05, 3.63) is 0 Å². The van der Waals surface area contributed by atoms with Gasteiger partial charge in [0.1, 0.15) is 0 Å². The molecule has 0 aliphatic rings. The molecule has 0 N–H and O–H groups in total. The van der Waals surface area contributed by atoms with Crippen molar-refractivity contribution in [2.24, 2.45) is 0 Å². The third kappa shape index (κ3) is 28.7. The Morgan fingerprint density at radius 2 is 1.00 bits per heavy atom. The van der Waals surface area contributed by atoms with Gasteiger partial charge in [-0.25, -0.2) is 0 Å². The monoisotopic (exact) mass is 343 g/mol. The summed E-state index contributed by atoms with van der Waals surface area (Å²) in [7, 11) is 0. The van der Waals surface area contributed by atoms with E-state index in [9.17, 15) is 0 Å². The number of hydrogen-bond donors (Lipinski definition) is 0. The van der Waals surface area contributed by atoms with Gasteiger partial charge in [-0.3, -0.25) is 0 Å². The molecule has 0 bridgehead atoms. The normalized spacial score (nSPS) is 2.40. The molecule has 2 nitrogen and oxygen atoms in total. The third-order valence-corrected chi connectivity index (χ3v) is 0. The van der Waals surface area contributed by atoms with Crippen molar-refractivity contribution in [1.82, 2.24) is 0 Å². The van der Waals surface area contributed by atoms with E-state index in [1.807, 2.05) is 0 Å². The van der Waals surface area contributed by atoms with E-state index in [-0.39, 0.29) is 48.0 Å². The number of rotatable bonds is 0. The van der Waals surface area contributed by atoms with Gasteiger partial charge in [0.25, 0.3) is 0 Å². The fourth-order valence-corrected chi connectivity index (χ4v) is 0. The van der Waals surface area contributed by atoms with Crippen LogP contribution in [0.5, 0.6) is 0 Å². The fraction of sp³-hybridized carbons (Fsp3) is 0. The molecule has 35 valence electrons. The molecule has 0 saturated carbocycles. The molecule has 0 heterocycles. The van der Waals surface area contributed by atoms with E-state index in [1.54, 1.807) is 0 Å². The summed E-state index contributed by atoms with van der Waals surface area (Å²) in [5.74, 6) is 0. The molecule has 0 aliphatic carbocycles. The summed E-state index contributed by atoms with van der Waals surface area (Å²) in [6.45, 7) is 0. The summed E-state index contributed by atoms with van der Waals surface area (Å²) in [4.78, 5) is 0. The van der Waals surface area contributed by atoms with Crippen LogP contribution >= 0.6 is 48.0 Å². The standard InChI is InChI=1S/2HI.Mn.2O/h2*1H;;;. The Balaban J connectivity index is -0.0000000200. The fourth-order valence-electron chi connectivity index (χ4n) is 0. The van der Waals surface area contributed by atoms with Gasteiger partial charge in [0, 0.05) is 0 Å². The van der Waals surface area contributed by atoms with Crippen molar-refractivity contribution >= 4 is 48.0 Å². The molecule has 0 rings (SSSR count). The van der Waals surface area contributed by atoms with E-state index >= 15 is 0 Å². The third-order valence-electron chi connectivity index (χ3n) is 0. The first-order valence-electron chi connectivity index (χ1n) is 0.309. The molecular formula is H2I2MnO2. The Morgan fingerprint density at radius 3 is 1.00 bits per heavy atom. The molecule has 0 aromatic heterocycles. The van der Waals surface area contributed by atoms with Crippen LogP contribution < -0.4 is 0 Å². The minimum atomic E-state index is -1.44. The second-order valence-electron chi connectivity index (χ2n) is 0.0630. The number of halogens is 2. The quantitative estimate of drug-likeness (QED) is 0.486. The van der Waals surface area contributed by atoms with Crippen LogP contribution in [-0.2, 0) is 22.5 Å². The summed E-state index contributed by atoms with van der Waals surface area (Å²) in [6.07, 6.45) is 0.